The quantitative estimate of drug-likeness (QED) is 0.303. The normalized spacial score (nSPS) is 9.00. The summed E-state index contributed by atoms with van der Waals surface area (Å²) < 4.78 is 0. The molecule has 2 heteroatoms. The monoisotopic (exact) mass is 107 g/mol. The van der Waals surface area contributed by atoms with Gasteiger partial charge in [-0.05, 0) is 13.1 Å². The second kappa shape index (κ2) is 7.56. The van der Waals surface area contributed by atoms with E-state index in [0.29, 0.717) is 0 Å². The smallest absolute Gasteiger partial charge is 0.333 e. The molecule has 0 N–H and O–H groups in total. The first kappa shape index (κ1) is 11.4. The van der Waals surface area contributed by atoms with Crippen LogP contribution in [-0.4, -0.2) is 24.5 Å². The fourth-order valence-electron chi connectivity index (χ4n) is 0.540. The first-order valence-electron chi connectivity index (χ1n) is 2.86. The summed E-state index contributed by atoms with van der Waals surface area (Å²) >= 11 is 0. The van der Waals surface area contributed by atoms with Gasteiger partial charge in [0.05, 0.1) is 0 Å². The van der Waals surface area contributed by atoms with Gasteiger partial charge in [0, 0.05) is 0 Å². The van der Waals surface area contributed by atoms with Gasteiger partial charge in [0.25, 0.3) is 0 Å². The average molecular weight is 107 g/mol. The molecule has 0 atom stereocenters. The summed E-state index contributed by atoms with van der Waals surface area (Å²) in [5, 5.41) is 0. The predicted molar refractivity (Wildman–Crippen MR) is 33.1 cm³/mol. The third-order valence-electron chi connectivity index (χ3n) is 1.21. The minimum absolute atomic E-state index is 0. The molecule has 0 aromatic rings. The molecule has 0 fully saturated rings. The molecule has 0 unspecified atom stereocenters. The summed E-state index contributed by atoms with van der Waals surface area (Å²) in [5.41, 5.74) is 0. The van der Waals surface area contributed by atoms with Crippen molar-refractivity contribution in [2.45, 2.75) is 13.8 Å². The van der Waals surface area contributed by atoms with Crippen LogP contribution >= 0.6 is 0 Å². The van der Waals surface area contributed by atoms with Gasteiger partial charge in [-0.15, -0.1) is 6.54 Å². The third kappa shape index (κ3) is 4.71. The molecule has 0 spiro atoms. The van der Waals surface area contributed by atoms with Gasteiger partial charge in [-0.1, -0.05) is 13.8 Å². The van der Waals surface area contributed by atoms with Crippen LogP contribution < -0.4 is 18.9 Å². The molecule has 0 aliphatic heterocycles. The van der Waals surface area contributed by atoms with Crippen LogP contribution in [0.25, 0.3) is 0 Å². The number of hydrogen-bond donors (Lipinski definition) is 0. The Kier molecular flexibility index (Phi) is 10.7. The van der Waals surface area contributed by atoms with Gasteiger partial charge < -0.3 is 11.8 Å². The van der Waals surface area contributed by atoms with Crippen molar-refractivity contribution in [2.24, 2.45) is 0 Å². The summed E-state index contributed by atoms with van der Waals surface area (Å²) in [6.45, 7) is 11.2. The van der Waals surface area contributed by atoms with E-state index in [1.807, 2.05) is 0 Å². The Balaban J connectivity index is 0. The van der Waals surface area contributed by atoms with E-state index in [1.165, 1.54) is 0 Å². The molecule has 0 rings (SSSR count). The Morgan fingerprint density at radius 1 is 1.25 bits per heavy atom. The predicted octanol–water partition coefficient (Wildman–Crippen LogP) is -1.83. The van der Waals surface area contributed by atoms with Gasteiger partial charge in [-0.2, -0.15) is 0 Å². The van der Waals surface area contributed by atoms with Gasteiger partial charge >= 0.3 is 18.9 Å². The van der Waals surface area contributed by atoms with E-state index in [9.17, 15) is 0 Å². The summed E-state index contributed by atoms with van der Waals surface area (Å²) in [5.74, 6) is 0. The first-order chi connectivity index (χ1) is 3.35. The Bertz CT molecular complexity index is 30.0. The SMILES string of the molecule is [CH2-]CN(CC)CC.[Li+]. The van der Waals surface area contributed by atoms with E-state index in [2.05, 4.69) is 25.7 Å². The molecule has 8 heavy (non-hydrogen) atoms. The zero-order valence-electron chi connectivity index (χ0n) is 6.28. The van der Waals surface area contributed by atoms with Crippen molar-refractivity contribution in [2.75, 3.05) is 19.6 Å². The zero-order valence-corrected chi connectivity index (χ0v) is 6.28. The summed E-state index contributed by atoms with van der Waals surface area (Å²) in [4.78, 5) is 2.26. The van der Waals surface area contributed by atoms with E-state index in [1.54, 1.807) is 0 Å². The van der Waals surface area contributed by atoms with E-state index in [-0.39, 0.29) is 18.9 Å². The molecule has 44 valence electrons. The van der Waals surface area contributed by atoms with Gasteiger partial charge in [-0.3, -0.25) is 0 Å². The number of nitrogens with zero attached hydrogens (tertiary/aromatic N) is 1. The van der Waals surface area contributed by atoms with Gasteiger partial charge in [0.2, 0.25) is 0 Å². The Hall–Kier alpha value is 0.557. The van der Waals surface area contributed by atoms with E-state index >= 15 is 0 Å². The molecule has 0 aliphatic rings. The second-order valence-corrected chi connectivity index (χ2v) is 1.53. The second-order valence-electron chi connectivity index (χ2n) is 1.53. The molecule has 0 bridgehead atoms. The van der Waals surface area contributed by atoms with Gasteiger partial charge in [0.15, 0.2) is 0 Å². The van der Waals surface area contributed by atoms with Crippen LogP contribution in [0.2, 0.25) is 0 Å². The van der Waals surface area contributed by atoms with Crippen molar-refractivity contribution >= 4 is 0 Å². The Labute approximate surface area is 64.6 Å². The van der Waals surface area contributed by atoms with Crippen molar-refractivity contribution in [3.8, 4) is 0 Å². The van der Waals surface area contributed by atoms with Crippen molar-refractivity contribution in [3.63, 3.8) is 0 Å². The standard InChI is InChI=1S/C6H14N.Li/c1-4-7(5-2)6-3;/h1,4-6H2,2-3H3;/q-1;+1. The minimum Gasteiger partial charge on any atom is -0.333 e. The molecule has 1 nitrogen and oxygen atoms in total. The maximum atomic E-state index is 3.75. The fourth-order valence-corrected chi connectivity index (χ4v) is 0.540. The van der Waals surface area contributed by atoms with Crippen LogP contribution in [0.5, 0.6) is 0 Å². The van der Waals surface area contributed by atoms with E-state index < -0.39 is 0 Å². The number of hydrogen-bond acceptors (Lipinski definition) is 1. The fraction of sp³-hybridized carbons (Fsp3) is 0.833. The van der Waals surface area contributed by atoms with Crippen molar-refractivity contribution < 1.29 is 18.9 Å². The molecular formula is C6H14LiN. The van der Waals surface area contributed by atoms with Crippen molar-refractivity contribution in [1.82, 2.24) is 4.90 Å². The summed E-state index contributed by atoms with van der Waals surface area (Å²) in [6.07, 6.45) is 0. The Morgan fingerprint density at radius 3 is 1.62 bits per heavy atom. The van der Waals surface area contributed by atoms with Crippen LogP contribution in [0.1, 0.15) is 13.8 Å². The molecule has 0 aromatic carbocycles. The van der Waals surface area contributed by atoms with E-state index in [4.69, 9.17) is 0 Å². The largest absolute Gasteiger partial charge is 1.00 e. The van der Waals surface area contributed by atoms with E-state index in [0.717, 1.165) is 19.6 Å². The third-order valence-corrected chi connectivity index (χ3v) is 1.21. The van der Waals surface area contributed by atoms with Crippen LogP contribution in [0.4, 0.5) is 0 Å². The molecule has 0 amide bonds. The Morgan fingerprint density at radius 2 is 1.62 bits per heavy atom. The van der Waals surface area contributed by atoms with Gasteiger partial charge in [-0.25, -0.2) is 0 Å². The van der Waals surface area contributed by atoms with Crippen molar-refractivity contribution in [3.05, 3.63) is 6.92 Å². The van der Waals surface area contributed by atoms with Crippen LogP contribution in [0.3, 0.4) is 0 Å². The molecule has 0 saturated heterocycles. The molecular weight excluding hydrogens is 93.0 g/mol. The maximum Gasteiger partial charge on any atom is 1.00 e. The maximum absolute atomic E-state index is 3.75. The van der Waals surface area contributed by atoms with Gasteiger partial charge in [0.1, 0.15) is 0 Å². The number of rotatable bonds is 3. The topological polar surface area (TPSA) is 3.24 Å². The molecule has 0 heterocycles. The van der Waals surface area contributed by atoms with Crippen molar-refractivity contribution in [1.29, 1.82) is 0 Å². The van der Waals surface area contributed by atoms with Crippen LogP contribution in [-0.2, 0) is 0 Å². The molecule has 0 aliphatic carbocycles. The molecule has 0 radical (unpaired) electrons. The molecule has 0 aromatic heterocycles. The first-order valence-corrected chi connectivity index (χ1v) is 2.86. The average Bonchev–Trinajstić information content (AvgIpc) is 1.72. The summed E-state index contributed by atoms with van der Waals surface area (Å²) in [7, 11) is 0. The minimum atomic E-state index is 0. The summed E-state index contributed by atoms with van der Waals surface area (Å²) in [6, 6.07) is 0. The molecule has 0 saturated carbocycles. The van der Waals surface area contributed by atoms with Crippen LogP contribution in [0.15, 0.2) is 0 Å². The van der Waals surface area contributed by atoms with Crippen LogP contribution in [0, 0.1) is 6.92 Å². The zero-order chi connectivity index (χ0) is 5.70.